The molecule has 0 atom stereocenters. The smallest absolute Gasteiger partial charge is 0.0432 e. The van der Waals surface area contributed by atoms with Gasteiger partial charge in [0.05, 0.1) is 0 Å². The number of rotatable bonds is 3. The Morgan fingerprint density at radius 3 is 2.41 bits per heavy atom. The first-order valence-electron chi connectivity index (χ1n) is 6.86. The lowest BCUT2D eigenvalue weighted by molar-refractivity contribution is 0.942. The lowest BCUT2D eigenvalue weighted by Crippen LogP contribution is -1.92. The molecule has 1 aliphatic carbocycles. The van der Waals surface area contributed by atoms with E-state index in [1.165, 1.54) is 16.8 Å². The molecule has 0 aromatic rings. The van der Waals surface area contributed by atoms with Gasteiger partial charge in [0.1, 0.15) is 0 Å². The van der Waals surface area contributed by atoms with Crippen LogP contribution >= 0.6 is 0 Å². The minimum atomic E-state index is 0.987. The topological polar surface area (TPSA) is 12.4 Å². The molecule has 0 aromatic heterocycles. The Labute approximate surface area is 107 Å². The fraction of sp³-hybridized carbons (Fsp3) is 0.562. The van der Waals surface area contributed by atoms with Crippen LogP contribution in [0.25, 0.3) is 0 Å². The number of hydrogen-bond acceptors (Lipinski definition) is 1. The van der Waals surface area contributed by atoms with Crippen molar-refractivity contribution in [3.05, 3.63) is 35.1 Å². The van der Waals surface area contributed by atoms with E-state index >= 15 is 0 Å². The van der Waals surface area contributed by atoms with E-state index in [4.69, 9.17) is 0 Å². The second-order valence-electron chi connectivity index (χ2n) is 3.73. The van der Waals surface area contributed by atoms with Crippen molar-refractivity contribution in [2.45, 2.75) is 60.3 Å². The standard InChI is InChI=1S/C14H21N.C2H6/c1-4-12-8-7-9-13(5-2)14(11-10-12)15-6-3;1-2/h6-8,10H,4-5,9,11H2,1-3H3;1-2H3/b8-7-,12-10?,14-13+,15-6?;. The van der Waals surface area contributed by atoms with Crippen LogP contribution in [-0.2, 0) is 0 Å². The maximum atomic E-state index is 4.48. The van der Waals surface area contributed by atoms with Gasteiger partial charge in [-0.05, 0) is 31.8 Å². The summed E-state index contributed by atoms with van der Waals surface area (Å²) in [7, 11) is 0. The molecule has 1 aliphatic rings. The van der Waals surface area contributed by atoms with E-state index in [9.17, 15) is 0 Å². The van der Waals surface area contributed by atoms with Gasteiger partial charge in [-0.15, -0.1) is 0 Å². The average Bonchev–Trinajstić information content (AvgIpc) is 2.36. The Hall–Kier alpha value is -1.11. The predicted molar refractivity (Wildman–Crippen MR) is 79.6 cm³/mol. The molecule has 1 nitrogen and oxygen atoms in total. The van der Waals surface area contributed by atoms with Crippen LogP contribution in [0.5, 0.6) is 0 Å². The number of aliphatic imine (C=N–C) groups is 1. The van der Waals surface area contributed by atoms with E-state index in [2.05, 4.69) is 37.1 Å². The molecule has 0 unspecified atom stereocenters. The van der Waals surface area contributed by atoms with Crippen molar-refractivity contribution in [2.24, 2.45) is 4.99 Å². The second-order valence-corrected chi connectivity index (χ2v) is 3.73. The van der Waals surface area contributed by atoms with Crippen molar-refractivity contribution >= 4 is 6.21 Å². The summed E-state index contributed by atoms with van der Waals surface area (Å²) in [5.41, 5.74) is 4.15. The first-order chi connectivity index (χ1) is 8.31. The minimum absolute atomic E-state index is 0.987. The fourth-order valence-electron chi connectivity index (χ4n) is 1.82. The molecule has 0 saturated carbocycles. The molecule has 1 rings (SSSR count). The van der Waals surface area contributed by atoms with Crippen molar-refractivity contribution < 1.29 is 0 Å². The van der Waals surface area contributed by atoms with Crippen LogP contribution < -0.4 is 0 Å². The van der Waals surface area contributed by atoms with Gasteiger partial charge in [-0.25, -0.2) is 0 Å². The Balaban J connectivity index is 0.00000121. The van der Waals surface area contributed by atoms with Crippen LogP contribution in [-0.4, -0.2) is 6.21 Å². The molecule has 0 radical (unpaired) electrons. The zero-order valence-corrected chi connectivity index (χ0v) is 12.1. The normalized spacial score (nSPS) is 22.3. The summed E-state index contributed by atoms with van der Waals surface area (Å²) >= 11 is 0. The summed E-state index contributed by atoms with van der Waals surface area (Å²) in [5.74, 6) is 0. The third-order valence-electron chi connectivity index (χ3n) is 2.78. The highest BCUT2D eigenvalue weighted by atomic mass is 14.7. The van der Waals surface area contributed by atoms with Gasteiger partial charge in [0.15, 0.2) is 0 Å². The van der Waals surface area contributed by atoms with Gasteiger partial charge in [0, 0.05) is 18.3 Å². The van der Waals surface area contributed by atoms with Crippen LogP contribution in [0.1, 0.15) is 60.3 Å². The Morgan fingerprint density at radius 2 is 1.88 bits per heavy atom. The highest BCUT2D eigenvalue weighted by molar-refractivity contribution is 5.55. The number of nitrogens with zero attached hydrogens (tertiary/aromatic N) is 1. The predicted octanol–water partition coefficient (Wildman–Crippen LogP) is 5.45. The van der Waals surface area contributed by atoms with Crippen LogP contribution in [0.3, 0.4) is 0 Å². The quantitative estimate of drug-likeness (QED) is 0.574. The molecule has 17 heavy (non-hydrogen) atoms. The van der Waals surface area contributed by atoms with E-state index in [1.54, 1.807) is 0 Å². The maximum Gasteiger partial charge on any atom is 0.0432 e. The van der Waals surface area contributed by atoms with Crippen molar-refractivity contribution in [1.29, 1.82) is 0 Å². The van der Waals surface area contributed by atoms with Gasteiger partial charge >= 0.3 is 0 Å². The molecule has 0 aromatic carbocycles. The van der Waals surface area contributed by atoms with E-state index in [0.717, 1.165) is 25.7 Å². The van der Waals surface area contributed by atoms with Crippen LogP contribution in [0.2, 0.25) is 0 Å². The summed E-state index contributed by atoms with van der Waals surface area (Å²) in [5, 5.41) is 0. The zero-order chi connectivity index (χ0) is 13.1. The Kier molecular flexibility index (Phi) is 9.41. The third kappa shape index (κ3) is 5.67. The summed E-state index contributed by atoms with van der Waals surface area (Å²) in [4.78, 5) is 4.48. The molecule has 0 spiro atoms. The van der Waals surface area contributed by atoms with Gasteiger partial charge in [0.25, 0.3) is 0 Å². The molecule has 1 heteroatoms. The van der Waals surface area contributed by atoms with Gasteiger partial charge in [0.2, 0.25) is 0 Å². The molecule has 0 saturated heterocycles. The van der Waals surface area contributed by atoms with E-state index in [-0.39, 0.29) is 0 Å². The average molecular weight is 233 g/mol. The summed E-state index contributed by atoms with van der Waals surface area (Å²) in [6, 6.07) is 0. The highest BCUT2D eigenvalue weighted by Gasteiger charge is 2.04. The fourth-order valence-corrected chi connectivity index (χ4v) is 1.82. The van der Waals surface area contributed by atoms with E-state index in [0.29, 0.717) is 0 Å². The largest absolute Gasteiger partial charge is 0.266 e. The Morgan fingerprint density at radius 1 is 1.18 bits per heavy atom. The lowest BCUT2D eigenvalue weighted by atomic mass is 10.00. The molecular formula is C16H27N. The molecule has 0 heterocycles. The second kappa shape index (κ2) is 10.1. The van der Waals surface area contributed by atoms with Crippen molar-refractivity contribution in [1.82, 2.24) is 0 Å². The van der Waals surface area contributed by atoms with Crippen molar-refractivity contribution in [3.8, 4) is 0 Å². The van der Waals surface area contributed by atoms with Crippen LogP contribution in [0.4, 0.5) is 0 Å². The molecule has 0 N–H and O–H groups in total. The van der Waals surface area contributed by atoms with Gasteiger partial charge < -0.3 is 0 Å². The molecule has 0 bridgehead atoms. The molecular weight excluding hydrogens is 206 g/mol. The first kappa shape index (κ1) is 15.9. The Bertz CT molecular complexity index is 316. The monoisotopic (exact) mass is 233 g/mol. The SMILES string of the molecule is CC.CC=N/C1=C(\CC)C/C=C\C(CC)=CC1. The maximum absolute atomic E-state index is 4.48. The van der Waals surface area contributed by atoms with Gasteiger partial charge in [-0.3, -0.25) is 4.99 Å². The van der Waals surface area contributed by atoms with E-state index in [1.807, 2.05) is 27.0 Å². The number of hydrogen-bond donors (Lipinski definition) is 0. The van der Waals surface area contributed by atoms with Crippen LogP contribution in [0.15, 0.2) is 40.1 Å². The number of allylic oxidation sites excluding steroid dienone is 5. The molecule has 0 fully saturated rings. The highest BCUT2D eigenvalue weighted by Crippen LogP contribution is 2.22. The summed E-state index contributed by atoms with van der Waals surface area (Å²) in [6.07, 6.45) is 13.0. The third-order valence-corrected chi connectivity index (χ3v) is 2.78. The summed E-state index contributed by atoms with van der Waals surface area (Å²) in [6.45, 7) is 10.4. The van der Waals surface area contributed by atoms with Gasteiger partial charge in [-0.1, -0.05) is 51.5 Å². The first-order valence-corrected chi connectivity index (χ1v) is 6.86. The van der Waals surface area contributed by atoms with E-state index < -0.39 is 0 Å². The lowest BCUT2D eigenvalue weighted by Gasteiger charge is -2.10. The summed E-state index contributed by atoms with van der Waals surface area (Å²) < 4.78 is 0. The zero-order valence-electron chi connectivity index (χ0n) is 12.1. The van der Waals surface area contributed by atoms with Crippen LogP contribution in [0, 0.1) is 0 Å². The minimum Gasteiger partial charge on any atom is -0.266 e. The molecule has 96 valence electrons. The van der Waals surface area contributed by atoms with Gasteiger partial charge in [-0.2, -0.15) is 0 Å². The molecule has 0 aliphatic heterocycles. The van der Waals surface area contributed by atoms with Crippen molar-refractivity contribution in [2.75, 3.05) is 0 Å². The molecule has 0 amide bonds. The van der Waals surface area contributed by atoms with Crippen molar-refractivity contribution in [3.63, 3.8) is 0 Å².